The van der Waals surface area contributed by atoms with Gasteiger partial charge in [-0.1, -0.05) is 20.3 Å². The molecule has 1 aliphatic carbocycles. The monoisotopic (exact) mass is 243 g/mol. The molecular weight excluding hydrogens is 218 g/mol. The molecule has 4 heteroatoms. The standard InChI is InChI=1S/C13H25NO3/c1-5-10-6-7-11(9(10)2)14-8-13(3,16)12(15)17-4/h9-11,14,16H,5-8H2,1-4H3. The molecule has 4 unspecified atom stereocenters. The van der Waals surface area contributed by atoms with E-state index in [0.29, 0.717) is 12.0 Å². The minimum Gasteiger partial charge on any atom is -0.467 e. The Hall–Kier alpha value is -0.610. The molecule has 0 saturated heterocycles. The molecule has 17 heavy (non-hydrogen) atoms. The largest absolute Gasteiger partial charge is 0.467 e. The summed E-state index contributed by atoms with van der Waals surface area (Å²) >= 11 is 0. The number of ether oxygens (including phenoxy) is 1. The van der Waals surface area contributed by atoms with E-state index in [2.05, 4.69) is 23.9 Å². The first-order valence-corrected chi connectivity index (χ1v) is 6.46. The summed E-state index contributed by atoms with van der Waals surface area (Å²) in [6.45, 7) is 6.20. The third-order valence-electron chi connectivity index (χ3n) is 4.08. The molecule has 0 spiro atoms. The fourth-order valence-electron chi connectivity index (χ4n) is 2.73. The summed E-state index contributed by atoms with van der Waals surface area (Å²) in [6, 6.07) is 0.399. The van der Waals surface area contributed by atoms with E-state index in [-0.39, 0.29) is 6.54 Å². The number of hydrogen-bond acceptors (Lipinski definition) is 4. The first-order valence-electron chi connectivity index (χ1n) is 6.46. The van der Waals surface area contributed by atoms with Crippen LogP contribution in [0.1, 0.15) is 40.0 Å². The lowest BCUT2D eigenvalue weighted by molar-refractivity contribution is -0.160. The van der Waals surface area contributed by atoms with Gasteiger partial charge in [0.1, 0.15) is 0 Å². The lowest BCUT2D eigenvalue weighted by atomic mass is 9.93. The van der Waals surface area contributed by atoms with E-state index >= 15 is 0 Å². The van der Waals surface area contributed by atoms with Gasteiger partial charge in [0, 0.05) is 12.6 Å². The molecule has 0 aromatic rings. The summed E-state index contributed by atoms with van der Waals surface area (Å²) in [5.41, 5.74) is -1.43. The highest BCUT2D eigenvalue weighted by Gasteiger charge is 2.36. The fraction of sp³-hybridized carbons (Fsp3) is 0.923. The molecule has 0 aliphatic heterocycles. The summed E-state index contributed by atoms with van der Waals surface area (Å²) in [5, 5.41) is 13.2. The Morgan fingerprint density at radius 3 is 2.65 bits per heavy atom. The Kier molecular flexibility index (Phi) is 4.95. The van der Waals surface area contributed by atoms with Crippen molar-refractivity contribution in [1.82, 2.24) is 5.32 Å². The van der Waals surface area contributed by atoms with Gasteiger partial charge >= 0.3 is 5.97 Å². The summed E-state index contributed by atoms with van der Waals surface area (Å²) in [6.07, 6.45) is 3.55. The maximum Gasteiger partial charge on any atom is 0.338 e. The topological polar surface area (TPSA) is 58.6 Å². The number of carbonyl (C=O) groups is 1. The Labute approximate surface area is 104 Å². The van der Waals surface area contributed by atoms with E-state index < -0.39 is 11.6 Å². The lowest BCUT2D eigenvalue weighted by Gasteiger charge is -2.26. The zero-order valence-corrected chi connectivity index (χ0v) is 11.3. The number of methoxy groups -OCH3 is 1. The Bertz CT molecular complexity index is 265. The van der Waals surface area contributed by atoms with Gasteiger partial charge in [-0.15, -0.1) is 0 Å². The van der Waals surface area contributed by atoms with Gasteiger partial charge in [-0.25, -0.2) is 4.79 Å². The highest BCUT2D eigenvalue weighted by molar-refractivity contribution is 5.78. The second-order valence-corrected chi connectivity index (χ2v) is 5.36. The minimum atomic E-state index is -1.43. The second kappa shape index (κ2) is 5.83. The normalized spacial score (nSPS) is 32.2. The smallest absolute Gasteiger partial charge is 0.338 e. The van der Waals surface area contributed by atoms with Gasteiger partial charge in [-0.3, -0.25) is 0 Å². The van der Waals surface area contributed by atoms with Gasteiger partial charge in [0.25, 0.3) is 0 Å². The number of hydrogen-bond donors (Lipinski definition) is 2. The highest BCUT2D eigenvalue weighted by Crippen LogP contribution is 2.33. The molecule has 0 bridgehead atoms. The molecule has 2 N–H and O–H groups in total. The molecule has 100 valence electrons. The van der Waals surface area contributed by atoms with Crippen LogP contribution in [-0.2, 0) is 9.53 Å². The van der Waals surface area contributed by atoms with Crippen molar-refractivity contribution in [2.75, 3.05) is 13.7 Å². The summed E-state index contributed by atoms with van der Waals surface area (Å²) < 4.78 is 4.57. The number of rotatable bonds is 5. The van der Waals surface area contributed by atoms with Crippen LogP contribution in [0, 0.1) is 11.8 Å². The van der Waals surface area contributed by atoms with E-state index in [1.54, 1.807) is 0 Å². The average Bonchev–Trinajstić information content (AvgIpc) is 2.66. The maximum atomic E-state index is 11.3. The van der Waals surface area contributed by atoms with Crippen molar-refractivity contribution in [3.63, 3.8) is 0 Å². The van der Waals surface area contributed by atoms with Gasteiger partial charge in [0.05, 0.1) is 7.11 Å². The third kappa shape index (κ3) is 3.42. The molecule has 4 atom stereocenters. The van der Waals surface area contributed by atoms with Crippen molar-refractivity contribution in [3.8, 4) is 0 Å². The van der Waals surface area contributed by atoms with Crippen LogP contribution < -0.4 is 5.32 Å². The van der Waals surface area contributed by atoms with Crippen molar-refractivity contribution < 1.29 is 14.6 Å². The zero-order chi connectivity index (χ0) is 13.1. The lowest BCUT2D eigenvalue weighted by Crippen LogP contribution is -2.49. The Morgan fingerprint density at radius 2 is 2.18 bits per heavy atom. The number of aliphatic hydroxyl groups is 1. The first-order chi connectivity index (χ1) is 7.92. The van der Waals surface area contributed by atoms with E-state index in [0.717, 1.165) is 12.3 Å². The van der Waals surface area contributed by atoms with Crippen molar-refractivity contribution in [2.24, 2.45) is 11.8 Å². The summed E-state index contributed by atoms with van der Waals surface area (Å²) in [5.74, 6) is 0.784. The molecular formula is C13H25NO3. The molecule has 0 amide bonds. The van der Waals surface area contributed by atoms with Crippen LogP contribution >= 0.6 is 0 Å². The predicted octanol–water partition coefficient (Wildman–Crippen LogP) is 1.32. The molecule has 1 saturated carbocycles. The van der Waals surface area contributed by atoms with Gasteiger partial charge < -0.3 is 15.2 Å². The number of carbonyl (C=O) groups excluding carboxylic acids is 1. The van der Waals surface area contributed by atoms with Crippen LogP contribution in [0.2, 0.25) is 0 Å². The van der Waals surface area contributed by atoms with Gasteiger partial charge in [0.15, 0.2) is 5.60 Å². The van der Waals surface area contributed by atoms with E-state index in [1.165, 1.54) is 26.9 Å². The third-order valence-corrected chi connectivity index (χ3v) is 4.08. The molecule has 0 heterocycles. The van der Waals surface area contributed by atoms with Crippen LogP contribution in [0.5, 0.6) is 0 Å². The first kappa shape index (κ1) is 14.5. The molecule has 1 fully saturated rings. The fourth-order valence-corrected chi connectivity index (χ4v) is 2.73. The van der Waals surface area contributed by atoms with Crippen LogP contribution in [0.25, 0.3) is 0 Å². The second-order valence-electron chi connectivity index (χ2n) is 5.36. The van der Waals surface area contributed by atoms with E-state index in [9.17, 15) is 9.90 Å². The van der Waals surface area contributed by atoms with Gasteiger partial charge in [-0.05, 0) is 31.6 Å². The average molecular weight is 243 g/mol. The molecule has 0 aromatic carbocycles. The van der Waals surface area contributed by atoms with Crippen LogP contribution in [0.15, 0.2) is 0 Å². The summed E-state index contributed by atoms with van der Waals surface area (Å²) in [7, 11) is 1.29. The van der Waals surface area contributed by atoms with Gasteiger partial charge in [0.2, 0.25) is 0 Å². The van der Waals surface area contributed by atoms with Crippen molar-refractivity contribution >= 4 is 5.97 Å². The molecule has 1 aliphatic rings. The SMILES string of the molecule is CCC1CCC(NCC(C)(O)C(=O)OC)C1C. The van der Waals surface area contributed by atoms with Gasteiger partial charge in [-0.2, -0.15) is 0 Å². The maximum absolute atomic E-state index is 11.3. The van der Waals surface area contributed by atoms with Crippen LogP contribution in [-0.4, -0.2) is 36.4 Å². The zero-order valence-electron chi connectivity index (χ0n) is 11.3. The molecule has 1 rings (SSSR count). The van der Waals surface area contributed by atoms with E-state index in [4.69, 9.17) is 0 Å². The van der Waals surface area contributed by atoms with Crippen molar-refractivity contribution in [1.29, 1.82) is 0 Å². The number of nitrogens with one attached hydrogen (secondary N) is 1. The summed E-state index contributed by atoms with van der Waals surface area (Å²) in [4.78, 5) is 11.3. The van der Waals surface area contributed by atoms with Crippen molar-refractivity contribution in [3.05, 3.63) is 0 Å². The minimum absolute atomic E-state index is 0.255. The highest BCUT2D eigenvalue weighted by atomic mass is 16.5. The number of esters is 1. The Balaban J connectivity index is 2.44. The Morgan fingerprint density at radius 1 is 1.53 bits per heavy atom. The molecule has 0 radical (unpaired) electrons. The van der Waals surface area contributed by atoms with Crippen LogP contribution in [0.4, 0.5) is 0 Å². The quantitative estimate of drug-likeness (QED) is 0.715. The van der Waals surface area contributed by atoms with Crippen LogP contribution in [0.3, 0.4) is 0 Å². The van der Waals surface area contributed by atoms with Crippen molar-refractivity contribution in [2.45, 2.75) is 51.7 Å². The molecule has 4 nitrogen and oxygen atoms in total. The molecule has 0 aromatic heterocycles. The van der Waals surface area contributed by atoms with E-state index in [1.807, 2.05) is 0 Å². The predicted molar refractivity (Wildman–Crippen MR) is 66.6 cm³/mol.